The first-order valence-electron chi connectivity index (χ1n) is 9.01. The monoisotopic (exact) mass is 424 g/mol. The summed E-state index contributed by atoms with van der Waals surface area (Å²) in [4.78, 5) is 25.1. The number of ether oxygens (including phenoxy) is 2. The number of nitrogens with one attached hydrogen (secondary N) is 3. The average molecular weight is 424 g/mol. The van der Waals surface area contributed by atoms with Gasteiger partial charge in [0.2, 0.25) is 0 Å². The third kappa shape index (κ3) is 6.23. The number of carbonyl (C=O) groups excluding carboxylic acids is 1. The molecule has 3 aromatic rings. The van der Waals surface area contributed by atoms with Gasteiger partial charge in [-0.15, -0.1) is 0 Å². The Kier molecular flexibility index (Phi) is 7.43. The molecular formula is C21H20N4O6. The molecule has 0 unspecified atom stereocenters. The quantitative estimate of drug-likeness (QED) is 0.369. The molecule has 2 aromatic carbocycles. The predicted molar refractivity (Wildman–Crippen MR) is 111 cm³/mol. The molecule has 0 bridgehead atoms. The fraction of sp³-hybridized carbons (Fsp3) is 0.143. The number of rotatable bonds is 8. The molecule has 0 radical (unpaired) electrons. The van der Waals surface area contributed by atoms with Gasteiger partial charge in [0.05, 0.1) is 37.4 Å². The maximum absolute atomic E-state index is 11.1. The van der Waals surface area contributed by atoms with Crippen LogP contribution in [0.3, 0.4) is 0 Å². The van der Waals surface area contributed by atoms with Crippen LogP contribution < -0.4 is 21.0 Å². The van der Waals surface area contributed by atoms with Crippen molar-refractivity contribution in [1.82, 2.24) is 10.3 Å². The van der Waals surface area contributed by atoms with E-state index in [0.29, 0.717) is 29.4 Å². The van der Waals surface area contributed by atoms with Gasteiger partial charge in [0.1, 0.15) is 5.75 Å². The molecule has 0 saturated carbocycles. The molecule has 0 atom stereocenters. The minimum absolute atomic E-state index is 0.319. The van der Waals surface area contributed by atoms with Crippen LogP contribution in [0, 0.1) is 12.2 Å². The standard InChI is InChI=1S/C21H20N4O6/c1-27-19-11-17(6-7-18(19)20-13-22-14-29-20)25-31-9-8-30-24-16-5-3-4-15(10-16)12-23-21(26)28-2/h3-7,10-11,13-14,24-25H,12H2,1-2H3,(H,23,26). The molecule has 3 rings (SSSR count). The summed E-state index contributed by atoms with van der Waals surface area (Å²) in [6, 6.07) is 12.5. The number of carbonyl (C=O) groups is 1. The van der Waals surface area contributed by atoms with E-state index in [1.165, 1.54) is 13.5 Å². The van der Waals surface area contributed by atoms with E-state index in [4.69, 9.17) is 18.8 Å². The lowest BCUT2D eigenvalue weighted by Gasteiger charge is -2.09. The summed E-state index contributed by atoms with van der Waals surface area (Å²) in [7, 11) is 2.86. The summed E-state index contributed by atoms with van der Waals surface area (Å²) in [5, 5.41) is 2.59. The Labute approximate surface area is 178 Å². The van der Waals surface area contributed by atoms with Gasteiger partial charge >= 0.3 is 6.09 Å². The number of aromatic nitrogens is 1. The fourth-order valence-electron chi connectivity index (χ4n) is 2.51. The molecular weight excluding hydrogens is 404 g/mol. The van der Waals surface area contributed by atoms with E-state index in [1.807, 2.05) is 6.07 Å². The van der Waals surface area contributed by atoms with Crippen LogP contribution in [0.4, 0.5) is 16.2 Å². The summed E-state index contributed by atoms with van der Waals surface area (Å²) >= 11 is 0. The summed E-state index contributed by atoms with van der Waals surface area (Å²) in [5.74, 6) is 1.17. The molecule has 0 spiro atoms. The highest BCUT2D eigenvalue weighted by Gasteiger charge is 2.10. The van der Waals surface area contributed by atoms with Crippen molar-refractivity contribution in [3.63, 3.8) is 0 Å². The van der Waals surface area contributed by atoms with Crippen LogP contribution in [0.5, 0.6) is 5.75 Å². The van der Waals surface area contributed by atoms with Gasteiger partial charge in [0.15, 0.2) is 24.4 Å². The van der Waals surface area contributed by atoms with Gasteiger partial charge in [-0.05, 0) is 29.8 Å². The summed E-state index contributed by atoms with van der Waals surface area (Å²) in [6.45, 7) is 0.319. The van der Waals surface area contributed by atoms with Crippen LogP contribution in [0.2, 0.25) is 0 Å². The van der Waals surface area contributed by atoms with E-state index in [9.17, 15) is 4.79 Å². The third-order valence-electron chi connectivity index (χ3n) is 3.93. The lowest BCUT2D eigenvalue weighted by atomic mass is 10.1. The Hall–Kier alpha value is -4.52. The lowest BCUT2D eigenvalue weighted by Crippen LogP contribution is -2.22. The largest absolute Gasteiger partial charge is 0.496 e. The number of hydrogen-bond donors (Lipinski definition) is 3. The van der Waals surface area contributed by atoms with Crippen molar-refractivity contribution in [3.8, 4) is 29.3 Å². The van der Waals surface area contributed by atoms with Crippen molar-refractivity contribution >= 4 is 17.5 Å². The first-order chi connectivity index (χ1) is 15.2. The molecule has 3 N–H and O–H groups in total. The number of amides is 1. The molecule has 160 valence electrons. The first-order valence-corrected chi connectivity index (χ1v) is 9.01. The molecule has 1 amide bonds. The van der Waals surface area contributed by atoms with Crippen LogP contribution in [-0.4, -0.2) is 25.3 Å². The van der Waals surface area contributed by atoms with Crippen molar-refractivity contribution in [2.75, 3.05) is 25.2 Å². The number of methoxy groups -OCH3 is 2. The van der Waals surface area contributed by atoms with E-state index in [0.717, 1.165) is 11.1 Å². The van der Waals surface area contributed by atoms with Gasteiger partial charge in [0, 0.05) is 12.6 Å². The maximum atomic E-state index is 11.1. The van der Waals surface area contributed by atoms with Crippen LogP contribution >= 0.6 is 0 Å². The van der Waals surface area contributed by atoms with Crippen LogP contribution in [0.15, 0.2) is 59.5 Å². The molecule has 0 fully saturated rings. The topological polar surface area (TPSA) is 116 Å². The Morgan fingerprint density at radius 3 is 2.52 bits per heavy atom. The van der Waals surface area contributed by atoms with Gasteiger partial charge in [-0.25, -0.2) is 20.7 Å². The van der Waals surface area contributed by atoms with Crippen molar-refractivity contribution in [2.24, 2.45) is 0 Å². The highest BCUT2D eigenvalue weighted by molar-refractivity contribution is 5.69. The first kappa shape index (κ1) is 21.2. The van der Waals surface area contributed by atoms with Crippen LogP contribution in [0.25, 0.3) is 11.3 Å². The lowest BCUT2D eigenvalue weighted by molar-refractivity contribution is 0.170. The zero-order valence-corrected chi connectivity index (χ0v) is 16.8. The van der Waals surface area contributed by atoms with Gasteiger partial charge in [-0.3, -0.25) is 0 Å². The van der Waals surface area contributed by atoms with Crippen molar-refractivity contribution in [2.45, 2.75) is 6.54 Å². The van der Waals surface area contributed by atoms with E-state index >= 15 is 0 Å². The van der Waals surface area contributed by atoms with Crippen molar-refractivity contribution in [3.05, 3.63) is 60.6 Å². The second-order valence-corrected chi connectivity index (χ2v) is 5.94. The maximum Gasteiger partial charge on any atom is 0.407 e. The molecule has 1 aromatic heterocycles. The van der Waals surface area contributed by atoms with E-state index in [1.54, 1.807) is 49.7 Å². The molecule has 31 heavy (non-hydrogen) atoms. The second-order valence-electron chi connectivity index (χ2n) is 5.94. The van der Waals surface area contributed by atoms with Gasteiger partial charge in [0.25, 0.3) is 0 Å². The Morgan fingerprint density at radius 2 is 1.84 bits per heavy atom. The minimum atomic E-state index is -0.504. The Bertz CT molecular complexity index is 1060. The molecule has 0 aliphatic heterocycles. The fourth-order valence-corrected chi connectivity index (χ4v) is 2.51. The number of alkyl carbamates (subject to hydrolysis) is 1. The second kappa shape index (κ2) is 10.9. The number of oxazole rings is 1. The molecule has 0 aliphatic rings. The molecule has 10 heteroatoms. The predicted octanol–water partition coefficient (Wildman–Crippen LogP) is 3.51. The van der Waals surface area contributed by atoms with E-state index < -0.39 is 6.09 Å². The van der Waals surface area contributed by atoms with E-state index in [-0.39, 0.29) is 0 Å². The van der Waals surface area contributed by atoms with Crippen LogP contribution in [0.1, 0.15) is 5.56 Å². The summed E-state index contributed by atoms with van der Waals surface area (Å²) in [5.41, 5.74) is 8.22. The normalized spacial score (nSPS) is 9.61. The minimum Gasteiger partial charge on any atom is -0.496 e. The van der Waals surface area contributed by atoms with E-state index in [2.05, 4.69) is 38.2 Å². The summed E-state index contributed by atoms with van der Waals surface area (Å²) in [6.07, 6.45) is 7.16. The van der Waals surface area contributed by atoms with Gasteiger partial charge in [-0.2, -0.15) is 0 Å². The third-order valence-corrected chi connectivity index (χ3v) is 3.93. The molecule has 0 saturated heterocycles. The smallest absolute Gasteiger partial charge is 0.407 e. The van der Waals surface area contributed by atoms with Gasteiger partial charge < -0.3 is 28.9 Å². The Balaban J connectivity index is 1.46. The number of benzene rings is 2. The van der Waals surface area contributed by atoms with Crippen molar-refractivity contribution in [1.29, 1.82) is 0 Å². The highest BCUT2D eigenvalue weighted by atomic mass is 16.7. The number of anilines is 2. The van der Waals surface area contributed by atoms with Crippen LogP contribution in [-0.2, 0) is 21.0 Å². The molecule has 1 heterocycles. The Morgan fingerprint density at radius 1 is 1.06 bits per heavy atom. The summed E-state index contributed by atoms with van der Waals surface area (Å²) < 4.78 is 15.2. The number of nitrogens with zero attached hydrogens (tertiary/aromatic N) is 1. The zero-order valence-electron chi connectivity index (χ0n) is 16.8. The number of hydrogen-bond acceptors (Lipinski definition) is 9. The van der Waals surface area contributed by atoms with Gasteiger partial charge in [-0.1, -0.05) is 12.1 Å². The highest BCUT2D eigenvalue weighted by Crippen LogP contribution is 2.32. The molecule has 0 aliphatic carbocycles. The SMILES string of the molecule is COC(=O)NCc1cccc(NOC#CONc2ccc(-c3cnco3)c(OC)c2)c1. The van der Waals surface area contributed by atoms with Crippen molar-refractivity contribution < 1.29 is 28.4 Å². The zero-order chi connectivity index (χ0) is 21.9. The molecule has 10 nitrogen and oxygen atoms in total. The average Bonchev–Trinajstić information content (AvgIpc) is 3.34.